The molecular weight excluding hydrogens is 793 g/mol. The lowest BCUT2D eigenvalue weighted by atomic mass is 9.83. The van der Waals surface area contributed by atoms with Gasteiger partial charge in [-0.15, -0.1) is 0 Å². The van der Waals surface area contributed by atoms with Crippen LogP contribution in [0.5, 0.6) is 11.5 Å². The number of hydrogen-bond acceptors (Lipinski definition) is 9. The lowest BCUT2D eigenvalue weighted by Gasteiger charge is -2.38. The Morgan fingerprint density at radius 2 is 1.54 bits per heavy atom. The van der Waals surface area contributed by atoms with Crippen LogP contribution in [0.3, 0.4) is 0 Å². The second-order valence-electron chi connectivity index (χ2n) is 19.6. The van der Waals surface area contributed by atoms with Crippen molar-refractivity contribution in [1.82, 2.24) is 9.55 Å². The Morgan fingerprint density at radius 1 is 0.857 bits per heavy atom. The SMILES string of the molecule is CCC1(OC(=O)CCC(=O)Oc2c(C)c(C)c3c(c2C)CCC(C)(CCCC(C)CCCC(C)CCCC(C)C)O3)C(=O)OCc2c1cc1n(c2=O)Cc2cc3ccccc3nc2-1. The lowest BCUT2D eigenvalue weighted by Crippen LogP contribution is -2.47. The molecule has 0 saturated carbocycles. The van der Waals surface area contributed by atoms with Gasteiger partial charge in [0.1, 0.15) is 23.7 Å². The summed E-state index contributed by atoms with van der Waals surface area (Å²) >= 11 is 0. The fourth-order valence-corrected chi connectivity index (χ4v) is 10.1. The molecule has 7 rings (SSSR count). The molecule has 4 unspecified atom stereocenters. The number of fused-ring (bicyclic) bond motifs is 6. The molecule has 3 aliphatic heterocycles. The predicted octanol–water partition coefficient (Wildman–Crippen LogP) is 11.5. The number of ether oxygens (including phenoxy) is 4. The second-order valence-corrected chi connectivity index (χ2v) is 19.6. The van der Waals surface area contributed by atoms with Gasteiger partial charge in [-0.05, 0) is 112 Å². The third kappa shape index (κ3) is 9.61. The Kier molecular flexibility index (Phi) is 13.9. The average molecular weight is 861 g/mol. The molecule has 2 aromatic heterocycles. The van der Waals surface area contributed by atoms with Crippen molar-refractivity contribution in [3.63, 3.8) is 0 Å². The number of benzene rings is 2. The van der Waals surface area contributed by atoms with Gasteiger partial charge in [-0.25, -0.2) is 9.78 Å². The molecule has 0 bridgehead atoms. The zero-order valence-electron chi connectivity index (χ0n) is 39.2. The third-order valence-corrected chi connectivity index (χ3v) is 14.3. The quantitative estimate of drug-likeness (QED) is 0.0626. The number of para-hydroxylation sites is 1. The molecular formula is C53H68N2O8. The van der Waals surface area contributed by atoms with E-state index in [4.69, 9.17) is 23.9 Å². The molecule has 338 valence electrons. The highest BCUT2D eigenvalue weighted by Crippen LogP contribution is 2.46. The molecule has 0 aliphatic carbocycles. The monoisotopic (exact) mass is 860 g/mol. The Hall–Kier alpha value is -4.99. The van der Waals surface area contributed by atoms with E-state index in [9.17, 15) is 19.2 Å². The van der Waals surface area contributed by atoms with Crippen LogP contribution in [-0.2, 0) is 49.0 Å². The zero-order valence-corrected chi connectivity index (χ0v) is 39.2. The molecule has 63 heavy (non-hydrogen) atoms. The number of carbonyl (C=O) groups excluding carboxylic acids is 3. The molecule has 0 radical (unpaired) electrons. The smallest absolute Gasteiger partial charge is 0.355 e. The summed E-state index contributed by atoms with van der Waals surface area (Å²) in [5, 5.41) is 0.962. The molecule has 10 nitrogen and oxygen atoms in total. The summed E-state index contributed by atoms with van der Waals surface area (Å²) in [5.74, 6) is 1.58. The fourth-order valence-electron chi connectivity index (χ4n) is 10.1. The number of nitrogens with zero attached hydrogens (tertiary/aromatic N) is 2. The first kappa shape index (κ1) is 46.0. The Labute approximate surface area is 373 Å². The van der Waals surface area contributed by atoms with E-state index in [2.05, 4.69) is 34.6 Å². The average Bonchev–Trinajstić information content (AvgIpc) is 3.61. The van der Waals surface area contributed by atoms with Crippen molar-refractivity contribution in [3.05, 3.63) is 85.7 Å². The van der Waals surface area contributed by atoms with Gasteiger partial charge in [-0.2, -0.15) is 0 Å². The molecule has 10 heteroatoms. The molecule has 2 aromatic carbocycles. The van der Waals surface area contributed by atoms with Crippen LogP contribution in [-0.4, -0.2) is 33.1 Å². The molecule has 0 amide bonds. The summed E-state index contributed by atoms with van der Waals surface area (Å²) in [6.07, 6.45) is 12.4. The maximum atomic E-state index is 13.9. The van der Waals surface area contributed by atoms with Crippen LogP contribution in [0.15, 0.2) is 41.2 Å². The first-order valence-corrected chi connectivity index (χ1v) is 23.6. The van der Waals surface area contributed by atoms with Crippen molar-refractivity contribution in [2.24, 2.45) is 17.8 Å². The van der Waals surface area contributed by atoms with E-state index in [1.165, 1.54) is 44.9 Å². The number of hydrogen-bond donors (Lipinski definition) is 0. The highest BCUT2D eigenvalue weighted by atomic mass is 16.6. The van der Waals surface area contributed by atoms with Crippen molar-refractivity contribution >= 4 is 28.8 Å². The lowest BCUT2D eigenvalue weighted by molar-refractivity contribution is -0.189. The van der Waals surface area contributed by atoms with Crippen LogP contribution < -0.4 is 15.0 Å². The molecule has 3 aliphatic rings. The maximum Gasteiger partial charge on any atom is 0.355 e. The number of carbonyl (C=O) groups is 3. The van der Waals surface area contributed by atoms with Crippen LogP contribution in [0.1, 0.15) is 164 Å². The number of cyclic esters (lactones) is 1. The molecule has 4 atom stereocenters. The largest absolute Gasteiger partial charge is 0.487 e. The molecule has 0 spiro atoms. The molecule has 0 fully saturated rings. The Morgan fingerprint density at radius 3 is 2.25 bits per heavy atom. The van der Waals surface area contributed by atoms with E-state index in [0.717, 1.165) is 82.0 Å². The normalized spacial score (nSPS) is 19.7. The van der Waals surface area contributed by atoms with E-state index >= 15 is 0 Å². The molecule has 4 aromatic rings. The van der Waals surface area contributed by atoms with E-state index in [0.29, 0.717) is 35.2 Å². The van der Waals surface area contributed by atoms with E-state index in [1.54, 1.807) is 17.6 Å². The van der Waals surface area contributed by atoms with E-state index in [1.807, 2.05) is 51.1 Å². The second kappa shape index (κ2) is 19.0. The minimum absolute atomic E-state index is 0.0290. The first-order valence-electron chi connectivity index (χ1n) is 23.6. The first-order chi connectivity index (χ1) is 30.0. The molecule has 5 heterocycles. The van der Waals surface area contributed by atoms with Crippen LogP contribution in [0.2, 0.25) is 0 Å². The van der Waals surface area contributed by atoms with Gasteiger partial charge in [-0.3, -0.25) is 14.4 Å². The van der Waals surface area contributed by atoms with Gasteiger partial charge in [0.05, 0.1) is 41.9 Å². The van der Waals surface area contributed by atoms with Gasteiger partial charge in [0, 0.05) is 22.1 Å². The highest BCUT2D eigenvalue weighted by Gasteiger charge is 2.50. The van der Waals surface area contributed by atoms with Crippen LogP contribution in [0.25, 0.3) is 22.3 Å². The van der Waals surface area contributed by atoms with E-state index in [-0.39, 0.29) is 42.6 Å². The summed E-state index contributed by atoms with van der Waals surface area (Å²) in [6.45, 7) is 19.4. The van der Waals surface area contributed by atoms with Gasteiger partial charge in [0.15, 0.2) is 0 Å². The highest BCUT2D eigenvalue weighted by molar-refractivity contribution is 5.89. The van der Waals surface area contributed by atoms with Crippen LogP contribution in [0, 0.1) is 38.5 Å². The Balaban J connectivity index is 0.958. The van der Waals surface area contributed by atoms with Gasteiger partial charge >= 0.3 is 17.9 Å². The summed E-state index contributed by atoms with van der Waals surface area (Å²) in [7, 11) is 0. The summed E-state index contributed by atoms with van der Waals surface area (Å²) < 4.78 is 25.9. The summed E-state index contributed by atoms with van der Waals surface area (Å²) in [6, 6.07) is 11.5. The number of aromatic nitrogens is 2. The van der Waals surface area contributed by atoms with Gasteiger partial charge in [0.25, 0.3) is 5.56 Å². The van der Waals surface area contributed by atoms with E-state index < -0.39 is 23.5 Å². The van der Waals surface area contributed by atoms with Gasteiger partial charge in [0.2, 0.25) is 5.60 Å². The topological polar surface area (TPSA) is 123 Å². The van der Waals surface area contributed by atoms with Crippen molar-refractivity contribution < 1.29 is 33.3 Å². The summed E-state index contributed by atoms with van der Waals surface area (Å²) in [5.41, 5.74) is 4.69. The van der Waals surface area contributed by atoms with Crippen molar-refractivity contribution in [1.29, 1.82) is 0 Å². The van der Waals surface area contributed by atoms with Crippen LogP contribution in [0.4, 0.5) is 0 Å². The third-order valence-electron chi connectivity index (χ3n) is 14.3. The van der Waals surface area contributed by atoms with Crippen molar-refractivity contribution in [2.45, 2.75) is 177 Å². The van der Waals surface area contributed by atoms with Gasteiger partial charge < -0.3 is 23.5 Å². The number of rotatable bonds is 18. The summed E-state index contributed by atoms with van der Waals surface area (Å²) in [4.78, 5) is 59.4. The fraction of sp³-hybridized carbons (Fsp3) is 0.566. The standard InChI is InChI=1S/C53H68N2O8/c1-10-53(42-29-44-47-39(28-38-21-11-12-22-43(38)54-47)30-55(44)50(58)41(42)31-60-51(53)59)62-46(57)24-23-45(56)61-48-35(6)36(7)49-40(37(48)8)25-27-52(9,63-49)26-15-20-34(5)19-14-18-33(4)17-13-16-32(2)3/h11-12,21-22,28-29,32-34H,10,13-20,23-27,30-31H2,1-9H3. The van der Waals surface area contributed by atoms with Crippen LogP contribution >= 0.6 is 0 Å². The minimum Gasteiger partial charge on any atom is -0.487 e. The molecule has 0 saturated heterocycles. The van der Waals surface area contributed by atoms with Crippen molar-refractivity contribution in [3.8, 4) is 22.9 Å². The number of pyridine rings is 2. The van der Waals surface area contributed by atoms with Gasteiger partial charge in [-0.1, -0.05) is 97.8 Å². The van der Waals surface area contributed by atoms with Crippen molar-refractivity contribution in [2.75, 3.05) is 0 Å². The maximum absolute atomic E-state index is 13.9. The number of esters is 3. The Bertz CT molecular complexity index is 2450. The predicted molar refractivity (Wildman–Crippen MR) is 246 cm³/mol. The zero-order chi connectivity index (χ0) is 45.2. The minimum atomic E-state index is -1.86. The molecule has 0 N–H and O–H groups in total.